The average Bonchev–Trinajstić information content (AvgIpc) is 2.86. The predicted molar refractivity (Wildman–Crippen MR) is 139 cm³/mol. The van der Waals surface area contributed by atoms with Crippen LogP contribution in [0.25, 0.3) is 35.4 Å². The van der Waals surface area contributed by atoms with Crippen molar-refractivity contribution in [1.29, 1.82) is 0 Å². The number of hydrogen-bond donors (Lipinski definition) is 0. The Labute approximate surface area is 267 Å². The molecule has 0 aliphatic rings. The summed E-state index contributed by atoms with van der Waals surface area (Å²) < 4.78 is 72.0. The zero-order chi connectivity index (χ0) is 25.8. The molecule has 0 aromatic heterocycles. The molecule has 0 atom stereocenters. The van der Waals surface area contributed by atoms with Gasteiger partial charge in [-0.25, -0.2) is 16.8 Å². The Kier molecular flexibility index (Phi) is 11.9. The minimum Gasteiger partial charge on any atom is -0.744 e. The zero-order valence-electron chi connectivity index (χ0n) is 20.8. The Morgan fingerprint density at radius 2 is 1.00 bits per heavy atom. The fourth-order valence-electron chi connectivity index (χ4n) is 3.83. The van der Waals surface area contributed by atoms with Gasteiger partial charge < -0.3 is 9.11 Å². The van der Waals surface area contributed by atoms with Crippen LogP contribution in [0.5, 0.6) is 0 Å². The van der Waals surface area contributed by atoms with Crippen LogP contribution < -0.4 is 59.1 Å². The first-order valence-corrected chi connectivity index (χ1v) is 13.6. The van der Waals surface area contributed by atoms with E-state index in [0.29, 0.717) is 11.1 Å². The van der Waals surface area contributed by atoms with E-state index in [4.69, 9.17) is 0 Å². The molecule has 4 aromatic carbocycles. The van der Waals surface area contributed by atoms with Crippen LogP contribution in [0.2, 0.25) is 0 Å². The van der Waals surface area contributed by atoms with Crippen molar-refractivity contribution in [3.8, 4) is 11.1 Å². The molecule has 0 radical (unpaired) electrons. The van der Waals surface area contributed by atoms with Crippen LogP contribution in [-0.2, 0) is 20.2 Å². The van der Waals surface area contributed by atoms with E-state index in [0.717, 1.165) is 17.2 Å². The van der Waals surface area contributed by atoms with Crippen molar-refractivity contribution in [1.82, 2.24) is 0 Å². The molecule has 0 bridgehead atoms. The first-order chi connectivity index (χ1) is 17.1. The minimum atomic E-state index is -5.32. The molecule has 6 nitrogen and oxygen atoms in total. The summed E-state index contributed by atoms with van der Waals surface area (Å²) in [4.78, 5) is -2.13. The summed E-state index contributed by atoms with van der Waals surface area (Å²) in [5.74, 6) is 0. The molecule has 0 amide bonds. The van der Waals surface area contributed by atoms with Crippen molar-refractivity contribution in [2.75, 3.05) is 0 Å². The summed E-state index contributed by atoms with van der Waals surface area (Å²) >= 11 is 0. The Morgan fingerprint density at radius 3 is 1.53 bits per heavy atom. The van der Waals surface area contributed by atoms with Crippen molar-refractivity contribution < 1.29 is 85.1 Å². The van der Waals surface area contributed by atoms with Crippen molar-refractivity contribution in [2.24, 2.45) is 0 Å². The van der Waals surface area contributed by atoms with Gasteiger partial charge in [-0.05, 0) is 33.9 Å². The molecule has 0 unspecified atom stereocenters. The summed E-state index contributed by atoms with van der Waals surface area (Å²) in [6, 6.07) is 27.4. The van der Waals surface area contributed by atoms with Gasteiger partial charge in [0, 0.05) is 5.56 Å². The molecular weight excluding hydrogens is 542 g/mol. The molecular formula is C28H20Na2O6S2. The predicted octanol–water partition coefficient (Wildman–Crippen LogP) is -0.489. The summed E-state index contributed by atoms with van der Waals surface area (Å²) in [7, 11) is -10.6. The van der Waals surface area contributed by atoms with Gasteiger partial charge in [0.25, 0.3) is 0 Å². The first kappa shape index (κ1) is 32.4. The van der Waals surface area contributed by atoms with E-state index in [2.05, 4.69) is 0 Å². The van der Waals surface area contributed by atoms with Gasteiger partial charge in [0.2, 0.25) is 0 Å². The van der Waals surface area contributed by atoms with Gasteiger partial charge in [0.1, 0.15) is 20.2 Å². The quantitative estimate of drug-likeness (QED) is 0.171. The SMILES string of the molecule is O=S(=O)([O-])c1cccc(-c2cccc(C=Cc3ccccc3)c2C=Cc2ccccc2)c1S(=O)(=O)[O-].[Na+].[Na+]. The molecule has 0 saturated heterocycles. The van der Waals surface area contributed by atoms with E-state index in [1.807, 2.05) is 85.0 Å². The second kappa shape index (κ2) is 14.0. The Balaban J connectivity index is 0.00000253. The first-order valence-electron chi connectivity index (χ1n) is 10.8. The van der Waals surface area contributed by atoms with E-state index in [1.165, 1.54) is 12.1 Å². The average molecular weight is 563 g/mol. The van der Waals surface area contributed by atoms with Crippen LogP contribution in [0, 0.1) is 0 Å². The molecule has 0 heterocycles. The smallest absolute Gasteiger partial charge is 0.744 e. The van der Waals surface area contributed by atoms with Crippen LogP contribution in [0.3, 0.4) is 0 Å². The van der Waals surface area contributed by atoms with Gasteiger partial charge in [0.05, 0.1) is 9.79 Å². The molecule has 10 heteroatoms. The number of rotatable bonds is 7. The second-order valence-electron chi connectivity index (χ2n) is 7.84. The second-order valence-corrected chi connectivity index (χ2v) is 10.5. The van der Waals surface area contributed by atoms with Gasteiger partial charge >= 0.3 is 59.1 Å². The van der Waals surface area contributed by atoms with Gasteiger partial charge in [-0.2, -0.15) is 0 Å². The third kappa shape index (κ3) is 8.09. The van der Waals surface area contributed by atoms with E-state index in [-0.39, 0.29) is 70.2 Å². The van der Waals surface area contributed by atoms with Crippen molar-refractivity contribution in [3.63, 3.8) is 0 Å². The molecule has 0 aliphatic carbocycles. The van der Waals surface area contributed by atoms with Crippen molar-refractivity contribution >= 4 is 44.5 Å². The molecule has 182 valence electrons. The van der Waals surface area contributed by atoms with E-state index in [9.17, 15) is 25.9 Å². The minimum absolute atomic E-state index is 0. The fourth-order valence-corrected chi connectivity index (χ4v) is 5.78. The molecule has 0 aliphatic heterocycles. The van der Waals surface area contributed by atoms with Crippen LogP contribution in [0.1, 0.15) is 22.3 Å². The number of hydrogen-bond acceptors (Lipinski definition) is 6. The maximum atomic E-state index is 12.2. The van der Waals surface area contributed by atoms with E-state index in [1.54, 1.807) is 18.2 Å². The van der Waals surface area contributed by atoms with Crippen LogP contribution >= 0.6 is 0 Å². The fraction of sp³-hybridized carbons (Fsp3) is 0. The molecule has 0 spiro atoms. The Bertz CT molecular complexity index is 1670. The topological polar surface area (TPSA) is 114 Å². The zero-order valence-corrected chi connectivity index (χ0v) is 26.4. The Hall–Kier alpha value is -1.82. The molecule has 0 fully saturated rings. The maximum absolute atomic E-state index is 12.2. The molecule has 4 rings (SSSR count). The normalized spacial score (nSPS) is 11.7. The molecule has 0 N–H and O–H groups in total. The molecule has 4 aromatic rings. The van der Waals surface area contributed by atoms with Crippen LogP contribution in [-0.4, -0.2) is 25.9 Å². The molecule has 38 heavy (non-hydrogen) atoms. The third-order valence-corrected chi connectivity index (χ3v) is 7.37. The summed E-state index contributed by atoms with van der Waals surface area (Å²) in [5.41, 5.74) is 3.16. The third-order valence-electron chi connectivity index (χ3n) is 5.43. The van der Waals surface area contributed by atoms with Crippen molar-refractivity contribution in [3.05, 3.63) is 119 Å². The van der Waals surface area contributed by atoms with Crippen LogP contribution in [0.15, 0.2) is 107 Å². The summed E-state index contributed by atoms with van der Waals surface area (Å²) in [6.07, 6.45) is 7.29. The van der Waals surface area contributed by atoms with Gasteiger partial charge in [-0.3, -0.25) is 0 Å². The molecule has 0 saturated carbocycles. The van der Waals surface area contributed by atoms with E-state index < -0.39 is 30.0 Å². The standard InChI is InChI=1S/C28H22O6S2.2Na/c29-35(30,31)27-16-8-15-26(28(27)36(32,33)34)25-14-7-13-23(19-17-21-9-3-1-4-10-21)24(25)20-18-22-11-5-2-6-12-22;;/h1-20H,(H,29,30,31)(H,32,33,34);;/q;2*+1/p-2. The van der Waals surface area contributed by atoms with E-state index >= 15 is 0 Å². The van der Waals surface area contributed by atoms with Crippen LogP contribution in [0.4, 0.5) is 0 Å². The van der Waals surface area contributed by atoms with Gasteiger partial charge in [-0.1, -0.05) is 115 Å². The largest absolute Gasteiger partial charge is 1.00 e. The van der Waals surface area contributed by atoms with Gasteiger partial charge in [0.15, 0.2) is 0 Å². The Morgan fingerprint density at radius 1 is 0.500 bits per heavy atom. The van der Waals surface area contributed by atoms with Gasteiger partial charge in [-0.15, -0.1) is 0 Å². The monoisotopic (exact) mass is 562 g/mol. The van der Waals surface area contributed by atoms with Crippen molar-refractivity contribution in [2.45, 2.75) is 9.79 Å². The summed E-state index contributed by atoms with van der Waals surface area (Å²) in [5, 5.41) is 0. The number of benzene rings is 4. The maximum Gasteiger partial charge on any atom is 1.00 e. The summed E-state index contributed by atoms with van der Waals surface area (Å²) in [6.45, 7) is 0.